The van der Waals surface area contributed by atoms with E-state index in [-0.39, 0.29) is 0 Å². The standard InChI is InChI=1S/C28H37NO2/c1-19(2)14-25(15-20(3)24-6-9-28(30)22(5)16-24)27-8-7-26(17-21(27)4)31-18-23-10-12-29-13-11-23/h6-9,15-17,19,23,29-30H,3,10-14,18H2,1-2,4-5H3/b25-15+. The highest BCUT2D eigenvalue weighted by Crippen LogP contribution is 2.32. The molecule has 1 saturated heterocycles. The van der Waals surface area contributed by atoms with Crippen LogP contribution in [-0.4, -0.2) is 24.8 Å². The van der Waals surface area contributed by atoms with Gasteiger partial charge in [0.05, 0.1) is 6.61 Å². The molecule has 0 atom stereocenters. The zero-order valence-corrected chi connectivity index (χ0v) is 19.5. The van der Waals surface area contributed by atoms with Gasteiger partial charge in [-0.25, -0.2) is 0 Å². The minimum Gasteiger partial charge on any atom is -0.508 e. The number of piperidine rings is 1. The van der Waals surface area contributed by atoms with E-state index in [2.05, 4.69) is 56.9 Å². The summed E-state index contributed by atoms with van der Waals surface area (Å²) in [5, 5.41) is 13.2. The molecule has 0 radical (unpaired) electrons. The Morgan fingerprint density at radius 3 is 2.52 bits per heavy atom. The Bertz CT molecular complexity index is 936. The van der Waals surface area contributed by atoms with Gasteiger partial charge in [0.15, 0.2) is 0 Å². The van der Waals surface area contributed by atoms with Crippen LogP contribution in [-0.2, 0) is 0 Å². The third-order valence-electron chi connectivity index (χ3n) is 6.03. The maximum Gasteiger partial charge on any atom is 0.119 e. The Kier molecular flexibility index (Phi) is 7.97. The van der Waals surface area contributed by atoms with E-state index in [0.717, 1.165) is 48.6 Å². The molecule has 2 aromatic carbocycles. The summed E-state index contributed by atoms with van der Waals surface area (Å²) in [6, 6.07) is 12.1. The van der Waals surface area contributed by atoms with Crippen LogP contribution in [0.25, 0.3) is 11.1 Å². The van der Waals surface area contributed by atoms with E-state index in [0.29, 0.717) is 17.6 Å². The molecule has 0 aromatic heterocycles. The van der Waals surface area contributed by atoms with Crippen LogP contribution in [0.3, 0.4) is 0 Å². The zero-order valence-electron chi connectivity index (χ0n) is 19.5. The quantitative estimate of drug-likeness (QED) is 0.478. The first-order chi connectivity index (χ1) is 14.8. The first kappa shape index (κ1) is 23.1. The maximum atomic E-state index is 9.83. The van der Waals surface area contributed by atoms with Crippen molar-refractivity contribution in [3.8, 4) is 11.5 Å². The molecule has 0 aliphatic carbocycles. The number of nitrogens with one attached hydrogen (secondary N) is 1. The highest BCUT2D eigenvalue weighted by atomic mass is 16.5. The molecule has 166 valence electrons. The number of phenols is 1. The van der Waals surface area contributed by atoms with Crippen molar-refractivity contribution in [3.05, 3.63) is 71.3 Å². The van der Waals surface area contributed by atoms with Gasteiger partial charge >= 0.3 is 0 Å². The summed E-state index contributed by atoms with van der Waals surface area (Å²) in [5.74, 6) is 2.46. The van der Waals surface area contributed by atoms with Gasteiger partial charge in [0.25, 0.3) is 0 Å². The van der Waals surface area contributed by atoms with Gasteiger partial charge in [0.1, 0.15) is 11.5 Å². The second kappa shape index (κ2) is 10.7. The van der Waals surface area contributed by atoms with Crippen molar-refractivity contribution >= 4 is 11.1 Å². The summed E-state index contributed by atoms with van der Waals surface area (Å²) < 4.78 is 6.13. The van der Waals surface area contributed by atoms with E-state index in [9.17, 15) is 5.11 Å². The molecule has 0 saturated carbocycles. The fraction of sp³-hybridized carbons (Fsp3) is 0.429. The average Bonchev–Trinajstić information content (AvgIpc) is 2.74. The van der Waals surface area contributed by atoms with Crippen LogP contribution in [0.4, 0.5) is 0 Å². The lowest BCUT2D eigenvalue weighted by Gasteiger charge is -2.23. The Labute approximate surface area is 187 Å². The topological polar surface area (TPSA) is 41.5 Å². The third-order valence-corrected chi connectivity index (χ3v) is 6.03. The SMILES string of the molecule is C=C(/C=C(\CC(C)C)c1ccc(OCC2CCNCC2)cc1C)c1ccc(O)c(C)c1. The van der Waals surface area contributed by atoms with Crippen molar-refractivity contribution in [1.29, 1.82) is 0 Å². The molecule has 1 aliphatic heterocycles. The Morgan fingerprint density at radius 1 is 1.13 bits per heavy atom. The molecule has 2 N–H and O–H groups in total. The van der Waals surface area contributed by atoms with Crippen LogP contribution in [0.15, 0.2) is 49.1 Å². The van der Waals surface area contributed by atoms with Gasteiger partial charge in [-0.2, -0.15) is 0 Å². The summed E-state index contributed by atoms with van der Waals surface area (Å²) in [6.07, 6.45) is 5.56. The number of hydrogen-bond acceptors (Lipinski definition) is 3. The average molecular weight is 420 g/mol. The van der Waals surface area contributed by atoms with E-state index < -0.39 is 0 Å². The van der Waals surface area contributed by atoms with Crippen LogP contribution in [0, 0.1) is 25.7 Å². The molecular weight excluding hydrogens is 382 g/mol. The minimum atomic E-state index is 0.318. The fourth-order valence-electron chi connectivity index (χ4n) is 4.18. The van der Waals surface area contributed by atoms with Crippen LogP contribution in [0.5, 0.6) is 11.5 Å². The van der Waals surface area contributed by atoms with Crippen LogP contribution in [0.1, 0.15) is 55.4 Å². The molecule has 0 bridgehead atoms. The third kappa shape index (κ3) is 6.48. The van der Waals surface area contributed by atoms with Crippen molar-refractivity contribution in [1.82, 2.24) is 5.32 Å². The molecule has 1 heterocycles. The number of aryl methyl sites for hydroxylation is 2. The lowest BCUT2D eigenvalue weighted by atomic mass is 9.90. The van der Waals surface area contributed by atoms with Crippen molar-refractivity contribution in [2.75, 3.05) is 19.7 Å². The van der Waals surface area contributed by atoms with Gasteiger partial charge in [0, 0.05) is 0 Å². The number of ether oxygens (including phenoxy) is 1. The van der Waals surface area contributed by atoms with Gasteiger partial charge in [-0.15, -0.1) is 0 Å². The molecule has 0 spiro atoms. The second-order valence-corrected chi connectivity index (χ2v) is 9.28. The fourth-order valence-corrected chi connectivity index (χ4v) is 4.18. The predicted octanol–water partition coefficient (Wildman–Crippen LogP) is 6.53. The lowest BCUT2D eigenvalue weighted by Crippen LogP contribution is -2.30. The van der Waals surface area contributed by atoms with Gasteiger partial charge in [-0.3, -0.25) is 0 Å². The molecule has 1 fully saturated rings. The van der Waals surface area contributed by atoms with Crippen LogP contribution >= 0.6 is 0 Å². The molecular formula is C28H37NO2. The summed E-state index contributed by atoms with van der Waals surface area (Å²) in [6.45, 7) is 15.9. The largest absolute Gasteiger partial charge is 0.508 e. The first-order valence-electron chi connectivity index (χ1n) is 11.5. The Hall–Kier alpha value is -2.52. The van der Waals surface area contributed by atoms with Gasteiger partial charge in [-0.05, 0) is 116 Å². The number of aromatic hydroxyl groups is 1. The molecule has 31 heavy (non-hydrogen) atoms. The van der Waals surface area contributed by atoms with Gasteiger partial charge in [-0.1, -0.05) is 38.6 Å². The second-order valence-electron chi connectivity index (χ2n) is 9.28. The molecule has 3 rings (SSSR count). The van der Waals surface area contributed by atoms with E-state index in [1.807, 2.05) is 19.1 Å². The number of phenolic OH excluding ortho intramolecular Hbond substituents is 1. The number of hydrogen-bond donors (Lipinski definition) is 2. The number of benzene rings is 2. The summed E-state index contributed by atoms with van der Waals surface area (Å²) in [4.78, 5) is 0. The summed E-state index contributed by atoms with van der Waals surface area (Å²) in [7, 11) is 0. The predicted molar refractivity (Wildman–Crippen MR) is 132 cm³/mol. The smallest absolute Gasteiger partial charge is 0.119 e. The van der Waals surface area contributed by atoms with Crippen LogP contribution < -0.4 is 10.1 Å². The van der Waals surface area contributed by atoms with Crippen molar-refractivity contribution < 1.29 is 9.84 Å². The van der Waals surface area contributed by atoms with Crippen molar-refractivity contribution in [2.45, 2.75) is 47.0 Å². The number of rotatable bonds is 8. The van der Waals surface area contributed by atoms with E-state index in [1.165, 1.54) is 29.5 Å². The highest BCUT2D eigenvalue weighted by Gasteiger charge is 2.15. The molecule has 1 aliphatic rings. The van der Waals surface area contributed by atoms with E-state index in [4.69, 9.17) is 4.74 Å². The summed E-state index contributed by atoms with van der Waals surface area (Å²) >= 11 is 0. The highest BCUT2D eigenvalue weighted by molar-refractivity contribution is 5.84. The Balaban J connectivity index is 1.79. The first-order valence-corrected chi connectivity index (χ1v) is 11.5. The molecule has 2 aromatic rings. The molecule has 0 unspecified atom stereocenters. The van der Waals surface area contributed by atoms with Crippen molar-refractivity contribution in [2.24, 2.45) is 11.8 Å². The molecule has 3 nitrogen and oxygen atoms in total. The maximum absolute atomic E-state index is 9.83. The van der Waals surface area contributed by atoms with Gasteiger partial charge < -0.3 is 15.2 Å². The zero-order chi connectivity index (χ0) is 22.4. The molecule has 0 amide bonds. The monoisotopic (exact) mass is 419 g/mol. The van der Waals surface area contributed by atoms with E-state index >= 15 is 0 Å². The normalized spacial score (nSPS) is 15.3. The lowest BCUT2D eigenvalue weighted by molar-refractivity contribution is 0.215. The Morgan fingerprint density at radius 2 is 1.87 bits per heavy atom. The van der Waals surface area contributed by atoms with Crippen molar-refractivity contribution in [3.63, 3.8) is 0 Å². The number of allylic oxidation sites excluding steroid dienone is 3. The minimum absolute atomic E-state index is 0.318. The van der Waals surface area contributed by atoms with Gasteiger partial charge in [0.2, 0.25) is 0 Å². The van der Waals surface area contributed by atoms with E-state index in [1.54, 1.807) is 6.07 Å². The van der Waals surface area contributed by atoms with Crippen LogP contribution in [0.2, 0.25) is 0 Å². The molecule has 3 heteroatoms. The summed E-state index contributed by atoms with van der Waals surface area (Å²) in [5.41, 5.74) is 6.63.